The average molecular weight is 585 g/mol. The van der Waals surface area contributed by atoms with Crippen molar-refractivity contribution in [2.75, 3.05) is 27.3 Å². The summed E-state index contributed by atoms with van der Waals surface area (Å²) in [5.74, 6) is 0.699. The number of thiophene rings is 1. The fourth-order valence-electron chi connectivity index (χ4n) is 5.03. The van der Waals surface area contributed by atoms with E-state index in [0.29, 0.717) is 31.0 Å². The van der Waals surface area contributed by atoms with Crippen molar-refractivity contribution in [1.82, 2.24) is 9.80 Å². The Kier molecular flexibility index (Phi) is 11.2. The standard InChI is InChI=1S/C35H40N2O4S/c1-5-26(2)37(35(39)34(28-13-8-6-9-14-28)29-15-10-7-11-16-29)25-33(38)36(24-30-17-12-22-42-30)21-20-27-18-19-31(40-3)32(23-27)41-4/h6-19,22-23,26,34H,5,20-21,24-25H2,1-4H3/t26-/m1/s1. The highest BCUT2D eigenvalue weighted by molar-refractivity contribution is 7.09. The van der Waals surface area contributed by atoms with E-state index in [1.807, 2.05) is 108 Å². The molecule has 1 atom stereocenters. The lowest BCUT2D eigenvalue weighted by Crippen LogP contribution is -2.48. The van der Waals surface area contributed by atoms with E-state index in [-0.39, 0.29) is 24.4 Å². The van der Waals surface area contributed by atoms with Crippen LogP contribution in [0, 0.1) is 0 Å². The molecule has 0 aliphatic carbocycles. The maximum Gasteiger partial charge on any atom is 0.242 e. The highest BCUT2D eigenvalue weighted by Gasteiger charge is 2.32. The maximum atomic E-state index is 14.4. The minimum atomic E-state index is -0.494. The second-order valence-electron chi connectivity index (χ2n) is 10.3. The van der Waals surface area contributed by atoms with Crippen molar-refractivity contribution in [2.45, 2.75) is 45.2 Å². The number of carbonyl (C=O) groups is 2. The molecule has 0 aliphatic rings. The lowest BCUT2D eigenvalue weighted by atomic mass is 9.89. The number of ether oxygens (including phenoxy) is 2. The van der Waals surface area contributed by atoms with Gasteiger partial charge >= 0.3 is 0 Å². The predicted octanol–water partition coefficient (Wildman–Crippen LogP) is 6.80. The number of carbonyl (C=O) groups excluding carboxylic acids is 2. The zero-order valence-corrected chi connectivity index (χ0v) is 25.7. The second kappa shape index (κ2) is 15.2. The van der Waals surface area contributed by atoms with Gasteiger partial charge in [-0.1, -0.05) is 79.7 Å². The number of benzene rings is 3. The zero-order chi connectivity index (χ0) is 29.9. The molecule has 4 rings (SSSR count). The molecule has 7 heteroatoms. The van der Waals surface area contributed by atoms with Crippen LogP contribution in [0.15, 0.2) is 96.4 Å². The molecule has 0 radical (unpaired) electrons. The van der Waals surface area contributed by atoms with E-state index in [1.54, 1.807) is 30.5 Å². The van der Waals surface area contributed by atoms with E-state index in [4.69, 9.17) is 9.47 Å². The van der Waals surface area contributed by atoms with Crippen LogP contribution in [0.5, 0.6) is 11.5 Å². The fraction of sp³-hybridized carbons (Fsp3) is 0.314. The molecule has 0 fully saturated rings. The van der Waals surface area contributed by atoms with Gasteiger partial charge in [0.2, 0.25) is 11.8 Å². The average Bonchev–Trinajstić information content (AvgIpc) is 3.55. The molecule has 42 heavy (non-hydrogen) atoms. The normalized spacial score (nSPS) is 11.6. The Labute approximate surface area is 253 Å². The monoisotopic (exact) mass is 584 g/mol. The molecule has 4 aromatic rings. The topological polar surface area (TPSA) is 59.1 Å². The predicted molar refractivity (Wildman–Crippen MR) is 169 cm³/mol. The van der Waals surface area contributed by atoms with Crippen LogP contribution in [0.25, 0.3) is 0 Å². The molecular formula is C35H40N2O4S. The number of nitrogens with zero attached hydrogens (tertiary/aromatic N) is 2. The third-order valence-electron chi connectivity index (χ3n) is 7.62. The number of amides is 2. The smallest absolute Gasteiger partial charge is 0.242 e. The molecular weight excluding hydrogens is 544 g/mol. The van der Waals surface area contributed by atoms with Crippen LogP contribution in [-0.4, -0.2) is 55.0 Å². The second-order valence-corrected chi connectivity index (χ2v) is 11.3. The summed E-state index contributed by atoms with van der Waals surface area (Å²) in [6, 6.07) is 29.4. The minimum Gasteiger partial charge on any atom is -0.493 e. The SMILES string of the molecule is CC[C@@H](C)N(CC(=O)N(CCc1ccc(OC)c(OC)c1)Cc1cccs1)C(=O)C(c1ccccc1)c1ccccc1. The van der Waals surface area contributed by atoms with Crippen LogP contribution >= 0.6 is 11.3 Å². The molecule has 0 bridgehead atoms. The molecule has 3 aromatic carbocycles. The Morgan fingerprint density at radius 1 is 0.833 bits per heavy atom. The Bertz CT molecular complexity index is 1370. The summed E-state index contributed by atoms with van der Waals surface area (Å²) in [7, 11) is 3.23. The van der Waals surface area contributed by atoms with Gasteiger partial charge in [0.05, 0.1) is 26.7 Å². The Balaban J connectivity index is 1.60. The van der Waals surface area contributed by atoms with Crippen LogP contribution in [0.4, 0.5) is 0 Å². The van der Waals surface area contributed by atoms with E-state index in [2.05, 4.69) is 6.92 Å². The number of hydrogen-bond donors (Lipinski definition) is 0. The van der Waals surface area contributed by atoms with Gasteiger partial charge in [-0.3, -0.25) is 9.59 Å². The fourth-order valence-corrected chi connectivity index (χ4v) is 5.75. The maximum absolute atomic E-state index is 14.4. The lowest BCUT2D eigenvalue weighted by Gasteiger charge is -2.34. The van der Waals surface area contributed by atoms with E-state index in [0.717, 1.165) is 28.0 Å². The third-order valence-corrected chi connectivity index (χ3v) is 8.48. The Morgan fingerprint density at radius 2 is 1.48 bits per heavy atom. The molecule has 220 valence electrons. The first-order valence-corrected chi connectivity index (χ1v) is 15.2. The van der Waals surface area contributed by atoms with Gasteiger partial charge in [-0.05, 0) is 60.0 Å². The first-order valence-electron chi connectivity index (χ1n) is 14.4. The molecule has 0 aliphatic heterocycles. The van der Waals surface area contributed by atoms with Gasteiger partial charge in [0.1, 0.15) is 6.54 Å². The summed E-state index contributed by atoms with van der Waals surface area (Å²) in [5, 5.41) is 2.02. The van der Waals surface area contributed by atoms with Crippen molar-refractivity contribution < 1.29 is 19.1 Å². The zero-order valence-electron chi connectivity index (χ0n) is 24.9. The van der Waals surface area contributed by atoms with Crippen LogP contribution < -0.4 is 9.47 Å². The Morgan fingerprint density at radius 3 is 2.02 bits per heavy atom. The summed E-state index contributed by atoms with van der Waals surface area (Å²) in [6.45, 7) is 5.09. The molecule has 0 spiro atoms. The van der Waals surface area contributed by atoms with Crippen molar-refractivity contribution in [3.05, 3.63) is 118 Å². The van der Waals surface area contributed by atoms with Crippen molar-refractivity contribution in [3.8, 4) is 11.5 Å². The first kappa shape index (κ1) is 30.8. The van der Waals surface area contributed by atoms with E-state index in [9.17, 15) is 9.59 Å². The molecule has 2 amide bonds. The summed E-state index contributed by atoms with van der Waals surface area (Å²) < 4.78 is 10.9. The molecule has 0 unspecified atom stereocenters. The van der Waals surface area contributed by atoms with Gasteiger partial charge < -0.3 is 19.3 Å². The van der Waals surface area contributed by atoms with Crippen LogP contribution in [0.1, 0.15) is 47.8 Å². The Hall–Kier alpha value is -4.10. The van der Waals surface area contributed by atoms with Crippen molar-refractivity contribution >= 4 is 23.2 Å². The van der Waals surface area contributed by atoms with Gasteiger partial charge in [0.25, 0.3) is 0 Å². The molecule has 0 N–H and O–H groups in total. The van der Waals surface area contributed by atoms with E-state index < -0.39 is 5.92 Å². The summed E-state index contributed by atoms with van der Waals surface area (Å²) in [4.78, 5) is 33.1. The van der Waals surface area contributed by atoms with Crippen LogP contribution in [0.3, 0.4) is 0 Å². The number of hydrogen-bond acceptors (Lipinski definition) is 5. The number of rotatable bonds is 14. The van der Waals surface area contributed by atoms with E-state index >= 15 is 0 Å². The quantitative estimate of drug-likeness (QED) is 0.164. The largest absolute Gasteiger partial charge is 0.493 e. The molecule has 1 aromatic heterocycles. The highest BCUT2D eigenvalue weighted by atomic mass is 32.1. The summed E-state index contributed by atoms with van der Waals surface area (Å²) in [6.07, 6.45) is 1.39. The lowest BCUT2D eigenvalue weighted by molar-refractivity contribution is -0.143. The molecule has 6 nitrogen and oxygen atoms in total. The van der Waals surface area contributed by atoms with Gasteiger partial charge in [-0.25, -0.2) is 0 Å². The van der Waals surface area contributed by atoms with Crippen LogP contribution in [-0.2, 0) is 22.6 Å². The van der Waals surface area contributed by atoms with Crippen molar-refractivity contribution in [2.24, 2.45) is 0 Å². The van der Waals surface area contributed by atoms with Crippen molar-refractivity contribution in [3.63, 3.8) is 0 Å². The minimum absolute atomic E-state index is 0.0152. The number of methoxy groups -OCH3 is 2. The third kappa shape index (κ3) is 7.79. The molecule has 0 saturated heterocycles. The van der Waals surface area contributed by atoms with Crippen molar-refractivity contribution in [1.29, 1.82) is 0 Å². The van der Waals surface area contributed by atoms with Gasteiger partial charge in [-0.15, -0.1) is 11.3 Å². The summed E-state index contributed by atoms with van der Waals surface area (Å²) >= 11 is 1.63. The van der Waals surface area contributed by atoms with Gasteiger partial charge in [-0.2, -0.15) is 0 Å². The van der Waals surface area contributed by atoms with Crippen LogP contribution in [0.2, 0.25) is 0 Å². The highest BCUT2D eigenvalue weighted by Crippen LogP contribution is 2.29. The first-order chi connectivity index (χ1) is 20.4. The van der Waals surface area contributed by atoms with E-state index in [1.165, 1.54) is 0 Å². The molecule has 1 heterocycles. The molecule has 0 saturated carbocycles. The van der Waals surface area contributed by atoms with Gasteiger partial charge in [0.15, 0.2) is 11.5 Å². The summed E-state index contributed by atoms with van der Waals surface area (Å²) in [5.41, 5.74) is 2.87. The van der Waals surface area contributed by atoms with Gasteiger partial charge in [0, 0.05) is 17.5 Å².